The van der Waals surface area contributed by atoms with Crippen molar-refractivity contribution < 1.29 is 4.79 Å². The topological polar surface area (TPSA) is 32.3 Å². The molecule has 1 N–H and O–H groups in total. The molecule has 1 rings (SSSR count). The number of rotatable bonds is 7. The second kappa shape index (κ2) is 7.82. The first-order valence-corrected chi connectivity index (χ1v) is 7.16. The van der Waals surface area contributed by atoms with E-state index in [0.717, 1.165) is 17.7 Å². The number of nitrogens with zero attached hydrogens (tertiary/aromatic N) is 1. The molecule has 1 atom stereocenters. The fourth-order valence-corrected chi connectivity index (χ4v) is 2.06. The summed E-state index contributed by atoms with van der Waals surface area (Å²) < 4.78 is 0. The molecule has 0 spiro atoms. The number of anilines is 1. The van der Waals surface area contributed by atoms with E-state index in [4.69, 9.17) is 0 Å². The Kier molecular flexibility index (Phi) is 6.40. The fraction of sp³-hybridized carbons (Fsp3) is 0.562. The number of nitrogens with one attached hydrogen (secondary N) is 1. The molecule has 106 valence electrons. The van der Waals surface area contributed by atoms with Crippen molar-refractivity contribution in [1.82, 2.24) is 4.90 Å². The third-order valence-corrected chi connectivity index (χ3v) is 3.29. The van der Waals surface area contributed by atoms with Gasteiger partial charge in [-0.3, -0.25) is 4.79 Å². The van der Waals surface area contributed by atoms with E-state index in [1.165, 1.54) is 19.3 Å². The first kappa shape index (κ1) is 15.5. The minimum absolute atomic E-state index is 0.0465. The third kappa shape index (κ3) is 4.93. The van der Waals surface area contributed by atoms with Crippen LogP contribution in [0.15, 0.2) is 24.3 Å². The van der Waals surface area contributed by atoms with Gasteiger partial charge in [0.2, 0.25) is 0 Å². The Balaban J connectivity index is 2.73. The summed E-state index contributed by atoms with van der Waals surface area (Å²) in [4.78, 5) is 13.5. The first-order valence-electron chi connectivity index (χ1n) is 7.16. The van der Waals surface area contributed by atoms with Gasteiger partial charge in [0.05, 0.1) is 0 Å². The molecule has 0 bridgehead atoms. The van der Waals surface area contributed by atoms with E-state index < -0.39 is 0 Å². The Morgan fingerprint density at radius 3 is 2.63 bits per heavy atom. The van der Waals surface area contributed by atoms with E-state index in [2.05, 4.69) is 19.2 Å². The summed E-state index contributed by atoms with van der Waals surface area (Å²) in [7, 11) is 3.55. The largest absolute Gasteiger partial charge is 0.382 e. The van der Waals surface area contributed by atoms with Crippen LogP contribution in [0.2, 0.25) is 0 Å². The van der Waals surface area contributed by atoms with Gasteiger partial charge in [-0.2, -0.15) is 0 Å². The predicted molar refractivity (Wildman–Crippen MR) is 81.7 cm³/mol. The molecule has 1 amide bonds. The maximum absolute atomic E-state index is 11.9. The highest BCUT2D eigenvalue weighted by Gasteiger charge is 2.10. The SMILES string of the molecule is CCCCC(CC)Nc1cccc(C(=O)N(C)C)c1. The summed E-state index contributed by atoms with van der Waals surface area (Å²) in [5.41, 5.74) is 1.77. The predicted octanol–water partition coefficient (Wildman–Crippen LogP) is 3.77. The number of hydrogen-bond acceptors (Lipinski definition) is 2. The van der Waals surface area contributed by atoms with E-state index in [9.17, 15) is 4.79 Å². The molecule has 0 aliphatic rings. The smallest absolute Gasteiger partial charge is 0.253 e. The summed E-state index contributed by atoms with van der Waals surface area (Å²) in [6.45, 7) is 4.41. The number of benzene rings is 1. The Hall–Kier alpha value is -1.51. The monoisotopic (exact) mass is 262 g/mol. The standard InChI is InChI=1S/C16H26N2O/c1-5-7-10-14(6-2)17-15-11-8-9-13(12-15)16(19)18(3)4/h8-9,11-12,14,17H,5-7,10H2,1-4H3. The number of carbonyl (C=O) groups is 1. The molecule has 3 heteroatoms. The summed E-state index contributed by atoms with van der Waals surface area (Å²) in [5.74, 6) is 0.0465. The summed E-state index contributed by atoms with van der Waals surface area (Å²) in [5, 5.41) is 3.53. The van der Waals surface area contributed by atoms with Crippen LogP contribution in [-0.4, -0.2) is 30.9 Å². The van der Waals surface area contributed by atoms with Crippen molar-refractivity contribution in [3.05, 3.63) is 29.8 Å². The summed E-state index contributed by atoms with van der Waals surface area (Å²) >= 11 is 0. The van der Waals surface area contributed by atoms with Crippen molar-refractivity contribution in [2.45, 2.75) is 45.6 Å². The van der Waals surface area contributed by atoms with Crippen LogP contribution in [0, 0.1) is 0 Å². The van der Waals surface area contributed by atoms with Crippen molar-refractivity contribution in [3.63, 3.8) is 0 Å². The van der Waals surface area contributed by atoms with Crippen molar-refractivity contribution in [2.75, 3.05) is 19.4 Å². The van der Waals surface area contributed by atoms with Crippen molar-refractivity contribution >= 4 is 11.6 Å². The molecule has 1 aromatic carbocycles. The Labute approximate surface area is 117 Å². The fourth-order valence-electron chi connectivity index (χ4n) is 2.06. The number of hydrogen-bond donors (Lipinski definition) is 1. The third-order valence-electron chi connectivity index (χ3n) is 3.29. The molecule has 1 unspecified atom stereocenters. The quantitative estimate of drug-likeness (QED) is 0.811. The van der Waals surface area contributed by atoms with Gasteiger partial charge in [0.1, 0.15) is 0 Å². The van der Waals surface area contributed by atoms with Gasteiger partial charge in [-0.15, -0.1) is 0 Å². The van der Waals surface area contributed by atoms with Crippen LogP contribution >= 0.6 is 0 Å². The first-order chi connectivity index (χ1) is 9.08. The van der Waals surface area contributed by atoms with Gasteiger partial charge >= 0.3 is 0 Å². The van der Waals surface area contributed by atoms with Gasteiger partial charge in [0, 0.05) is 31.4 Å². The highest BCUT2D eigenvalue weighted by atomic mass is 16.2. The van der Waals surface area contributed by atoms with Crippen molar-refractivity contribution in [1.29, 1.82) is 0 Å². The van der Waals surface area contributed by atoms with Crippen LogP contribution in [0.3, 0.4) is 0 Å². The molecule has 0 heterocycles. The van der Waals surface area contributed by atoms with Crippen LogP contribution in [0.1, 0.15) is 49.9 Å². The molecular weight excluding hydrogens is 236 g/mol. The maximum atomic E-state index is 11.9. The number of unbranched alkanes of at least 4 members (excludes halogenated alkanes) is 1. The van der Waals surface area contributed by atoms with Crippen molar-refractivity contribution in [3.8, 4) is 0 Å². The molecule has 0 aliphatic carbocycles. The van der Waals surface area contributed by atoms with Gasteiger partial charge < -0.3 is 10.2 Å². The minimum Gasteiger partial charge on any atom is -0.382 e. The van der Waals surface area contributed by atoms with Gasteiger partial charge in [-0.25, -0.2) is 0 Å². The molecule has 0 aromatic heterocycles. The lowest BCUT2D eigenvalue weighted by molar-refractivity contribution is 0.0827. The minimum atomic E-state index is 0.0465. The van der Waals surface area contributed by atoms with E-state index in [1.807, 2.05) is 24.3 Å². The zero-order chi connectivity index (χ0) is 14.3. The van der Waals surface area contributed by atoms with Gasteiger partial charge in [-0.05, 0) is 31.0 Å². The van der Waals surface area contributed by atoms with E-state index in [0.29, 0.717) is 6.04 Å². The highest BCUT2D eigenvalue weighted by Crippen LogP contribution is 2.16. The van der Waals surface area contributed by atoms with Crippen LogP contribution in [0.4, 0.5) is 5.69 Å². The lowest BCUT2D eigenvalue weighted by atomic mass is 10.1. The normalized spacial score (nSPS) is 12.0. The highest BCUT2D eigenvalue weighted by molar-refractivity contribution is 5.94. The van der Waals surface area contributed by atoms with E-state index >= 15 is 0 Å². The molecule has 0 saturated carbocycles. The molecule has 0 aliphatic heterocycles. The average molecular weight is 262 g/mol. The lowest BCUT2D eigenvalue weighted by Gasteiger charge is -2.19. The Bertz CT molecular complexity index is 401. The second-order valence-electron chi connectivity index (χ2n) is 5.17. The molecule has 19 heavy (non-hydrogen) atoms. The summed E-state index contributed by atoms with van der Waals surface area (Å²) in [6, 6.07) is 8.26. The van der Waals surface area contributed by atoms with Gasteiger partial charge in [-0.1, -0.05) is 32.8 Å². The molecule has 0 fully saturated rings. The zero-order valence-electron chi connectivity index (χ0n) is 12.6. The van der Waals surface area contributed by atoms with E-state index in [-0.39, 0.29) is 5.91 Å². The molecule has 0 radical (unpaired) electrons. The number of carbonyl (C=O) groups excluding carboxylic acids is 1. The van der Waals surface area contributed by atoms with Crippen LogP contribution in [-0.2, 0) is 0 Å². The van der Waals surface area contributed by atoms with Gasteiger partial charge in [0.15, 0.2) is 0 Å². The average Bonchev–Trinajstić information content (AvgIpc) is 2.42. The lowest BCUT2D eigenvalue weighted by Crippen LogP contribution is -2.22. The molecular formula is C16H26N2O. The number of amides is 1. The zero-order valence-corrected chi connectivity index (χ0v) is 12.6. The Morgan fingerprint density at radius 2 is 2.05 bits per heavy atom. The summed E-state index contributed by atoms with van der Waals surface area (Å²) in [6.07, 6.45) is 4.74. The van der Waals surface area contributed by atoms with Crippen molar-refractivity contribution in [2.24, 2.45) is 0 Å². The Morgan fingerprint density at radius 1 is 1.32 bits per heavy atom. The van der Waals surface area contributed by atoms with Crippen LogP contribution in [0.5, 0.6) is 0 Å². The molecule has 3 nitrogen and oxygen atoms in total. The van der Waals surface area contributed by atoms with Gasteiger partial charge in [0.25, 0.3) is 5.91 Å². The van der Waals surface area contributed by atoms with Crippen LogP contribution < -0.4 is 5.32 Å². The molecule has 0 saturated heterocycles. The van der Waals surface area contributed by atoms with Crippen LogP contribution in [0.25, 0.3) is 0 Å². The van der Waals surface area contributed by atoms with E-state index in [1.54, 1.807) is 19.0 Å². The second-order valence-corrected chi connectivity index (χ2v) is 5.17. The maximum Gasteiger partial charge on any atom is 0.253 e. The molecule has 1 aromatic rings.